The van der Waals surface area contributed by atoms with Crippen LogP contribution in [0.1, 0.15) is 25.3 Å². The van der Waals surface area contributed by atoms with Crippen LogP contribution in [0.25, 0.3) is 5.73 Å². The Morgan fingerprint density at radius 3 is 2.12 bits per heavy atom. The van der Waals surface area contributed by atoms with Crippen LogP contribution in [0.2, 0.25) is 0 Å². The molecule has 1 rings (SSSR count). The zero-order valence-electron chi connectivity index (χ0n) is 14.5. The summed E-state index contributed by atoms with van der Waals surface area (Å²) in [7, 11) is -0.611. The van der Waals surface area contributed by atoms with Gasteiger partial charge in [0.25, 0.3) is 0 Å². The average Bonchev–Trinajstić information content (AvgIpc) is 2.45. The predicted molar refractivity (Wildman–Crippen MR) is 91.8 cm³/mol. The number of aliphatic hydroxyl groups is 1. The van der Waals surface area contributed by atoms with Crippen LogP contribution in [0.3, 0.4) is 0 Å². The molecule has 24 heavy (non-hydrogen) atoms. The van der Waals surface area contributed by atoms with Gasteiger partial charge in [-0.25, -0.2) is 0 Å². The molecule has 0 bridgehead atoms. The van der Waals surface area contributed by atoms with E-state index < -0.39 is 16.9 Å². The van der Waals surface area contributed by atoms with Gasteiger partial charge in [0.15, 0.2) is 0 Å². The standard InChI is InChI=1S/C14H23N2O.C2H6OS.2ClH.Pt/c1-2-3-9-16(12-14(17)10-15)11-13-7-5-4-6-8-13;1-4(2)3;;;/h4-8,14-15,17H,2-3,9-12H2,1H3;1-2H3;2*1H;/q-1;;;;+4/p-2. The normalized spacial score (nSPS) is 10.6. The van der Waals surface area contributed by atoms with Crippen molar-refractivity contribution < 1.29 is 55.2 Å². The van der Waals surface area contributed by atoms with Crippen LogP contribution in [0, 0.1) is 0 Å². The van der Waals surface area contributed by atoms with Crippen molar-refractivity contribution >= 4 is 10.8 Å². The molecule has 144 valence electrons. The van der Waals surface area contributed by atoms with Crippen molar-refractivity contribution in [3.8, 4) is 0 Å². The summed E-state index contributed by atoms with van der Waals surface area (Å²) in [4.78, 5) is 2.23. The number of aliphatic hydroxyl groups excluding tert-OH is 1. The fourth-order valence-corrected chi connectivity index (χ4v) is 1.82. The van der Waals surface area contributed by atoms with Gasteiger partial charge in [-0.1, -0.05) is 43.7 Å². The number of hydrogen-bond acceptors (Lipinski definition) is 3. The van der Waals surface area contributed by atoms with E-state index in [0.717, 1.165) is 25.9 Å². The van der Waals surface area contributed by atoms with E-state index in [4.69, 9.17) is 5.73 Å². The van der Waals surface area contributed by atoms with E-state index in [0.29, 0.717) is 6.54 Å². The van der Waals surface area contributed by atoms with Crippen molar-refractivity contribution in [2.75, 3.05) is 32.1 Å². The van der Waals surface area contributed by atoms with E-state index in [-0.39, 0.29) is 52.4 Å². The molecule has 0 saturated carbocycles. The quantitative estimate of drug-likeness (QED) is 0.352. The molecule has 1 aromatic rings. The van der Waals surface area contributed by atoms with Gasteiger partial charge in [-0.2, -0.15) is 0 Å². The molecule has 0 saturated heterocycles. The Balaban J connectivity index is -0.000000258. The van der Waals surface area contributed by atoms with Crippen molar-refractivity contribution in [3.63, 3.8) is 0 Å². The second kappa shape index (κ2) is 21.6. The molecule has 0 aliphatic carbocycles. The molecule has 2 N–H and O–H groups in total. The molecule has 0 spiro atoms. The van der Waals surface area contributed by atoms with Gasteiger partial charge in [-0.15, -0.1) is 6.54 Å². The maximum Gasteiger partial charge on any atom is 4.00 e. The molecule has 4 nitrogen and oxygen atoms in total. The van der Waals surface area contributed by atoms with Crippen LogP contribution in [0.15, 0.2) is 30.3 Å². The second-order valence-electron chi connectivity index (χ2n) is 5.17. The van der Waals surface area contributed by atoms with Crippen molar-refractivity contribution in [1.82, 2.24) is 4.90 Å². The minimum absolute atomic E-state index is 0. The summed E-state index contributed by atoms with van der Waals surface area (Å²) in [6.07, 6.45) is 5.04. The molecule has 0 heterocycles. The molecule has 0 fully saturated rings. The average molecular weight is 579 g/mol. The Morgan fingerprint density at radius 2 is 1.71 bits per heavy atom. The van der Waals surface area contributed by atoms with Crippen LogP contribution in [-0.2, 0) is 38.4 Å². The SMILES string of the molecule is CCCCN(Cc1ccccc1)CC(O)C[NH-].CS(C)=O.[Cl-].[Cl-].[Pt+4]. The van der Waals surface area contributed by atoms with E-state index in [2.05, 4.69) is 24.0 Å². The zero-order valence-corrected chi connectivity index (χ0v) is 19.1. The van der Waals surface area contributed by atoms with Crippen molar-refractivity contribution in [1.29, 1.82) is 0 Å². The summed E-state index contributed by atoms with van der Waals surface area (Å²) >= 11 is 0. The second-order valence-corrected chi connectivity index (χ2v) is 6.66. The van der Waals surface area contributed by atoms with Crippen LogP contribution in [-0.4, -0.2) is 52.5 Å². The molecule has 0 aromatic heterocycles. The Kier molecular flexibility index (Phi) is 28.9. The zero-order chi connectivity index (χ0) is 16.1. The third-order valence-corrected chi connectivity index (χ3v) is 2.78. The van der Waals surface area contributed by atoms with Crippen molar-refractivity contribution in [3.05, 3.63) is 41.6 Å². The summed E-state index contributed by atoms with van der Waals surface area (Å²) in [6.45, 7) is 4.69. The van der Waals surface area contributed by atoms with E-state index in [1.54, 1.807) is 12.5 Å². The summed E-state index contributed by atoms with van der Waals surface area (Å²) in [6, 6.07) is 10.3. The molecule has 1 atom stereocenters. The summed E-state index contributed by atoms with van der Waals surface area (Å²) in [5, 5.41) is 9.58. The first-order chi connectivity index (χ1) is 9.99. The molecule has 1 aromatic carbocycles. The minimum Gasteiger partial charge on any atom is -1.00 e. The van der Waals surface area contributed by atoms with Crippen molar-refractivity contribution in [2.45, 2.75) is 32.4 Å². The predicted octanol–water partition coefficient (Wildman–Crippen LogP) is -3.30. The largest absolute Gasteiger partial charge is 4.00 e. The molecule has 1 unspecified atom stereocenters. The fourth-order valence-electron chi connectivity index (χ4n) is 1.82. The first kappa shape index (κ1) is 32.2. The minimum atomic E-state index is -0.611. The molecular formula is C16H29Cl2N2O2PtS+. The van der Waals surface area contributed by atoms with Gasteiger partial charge in [0.05, 0.1) is 0 Å². The van der Waals surface area contributed by atoms with Crippen LogP contribution < -0.4 is 24.8 Å². The van der Waals surface area contributed by atoms with E-state index in [1.165, 1.54) is 5.56 Å². The number of halogens is 2. The summed E-state index contributed by atoms with van der Waals surface area (Å²) < 4.78 is 9.56. The number of nitrogens with zero attached hydrogens (tertiary/aromatic N) is 1. The van der Waals surface area contributed by atoms with Gasteiger partial charge >= 0.3 is 21.1 Å². The molecule has 0 aliphatic heterocycles. The van der Waals surface area contributed by atoms with Gasteiger partial charge < -0.3 is 35.7 Å². The summed E-state index contributed by atoms with van der Waals surface area (Å²) in [5.41, 5.74) is 8.45. The van der Waals surface area contributed by atoms with Crippen LogP contribution in [0.4, 0.5) is 0 Å². The van der Waals surface area contributed by atoms with Gasteiger partial charge in [0.2, 0.25) is 0 Å². The van der Waals surface area contributed by atoms with E-state index in [9.17, 15) is 9.32 Å². The molecular weight excluding hydrogens is 550 g/mol. The first-order valence-electron chi connectivity index (χ1n) is 7.33. The van der Waals surface area contributed by atoms with E-state index in [1.807, 2.05) is 18.2 Å². The van der Waals surface area contributed by atoms with Gasteiger partial charge in [-0.05, 0) is 18.5 Å². The van der Waals surface area contributed by atoms with Gasteiger partial charge in [0.1, 0.15) is 0 Å². The topological polar surface area (TPSA) is 64.3 Å². The maximum atomic E-state index is 9.58. The fraction of sp³-hybridized carbons (Fsp3) is 0.625. The monoisotopic (exact) mass is 578 g/mol. The third kappa shape index (κ3) is 20.6. The molecule has 8 heteroatoms. The van der Waals surface area contributed by atoms with Crippen LogP contribution in [0.5, 0.6) is 0 Å². The Labute approximate surface area is 176 Å². The first-order valence-corrected chi connectivity index (χ1v) is 9.30. The Hall–Kier alpha value is 0.518. The third-order valence-electron chi connectivity index (χ3n) is 2.78. The molecule has 0 aliphatic rings. The number of nitrogens with one attached hydrogen (secondary N) is 1. The van der Waals surface area contributed by atoms with Gasteiger partial charge in [0, 0.05) is 42.5 Å². The Morgan fingerprint density at radius 1 is 1.21 bits per heavy atom. The molecule has 0 amide bonds. The van der Waals surface area contributed by atoms with E-state index >= 15 is 0 Å². The number of benzene rings is 1. The van der Waals surface area contributed by atoms with Crippen molar-refractivity contribution in [2.24, 2.45) is 0 Å². The number of unbranched alkanes of at least 4 members (excludes halogenated alkanes) is 1. The Bertz CT molecular complexity index is 386. The van der Waals surface area contributed by atoms with Gasteiger partial charge in [-0.3, -0.25) is 9.11 Å². The maximum absolute atomic E-state index is 9.58. The molecule has 0 radical (unpaired) electrons. The smallest absolute Gasteiger partial charge is 1.00 e. The van der Waals surface area contributed by atoms with Crippen LogP contribution >= 0.6 is 0 Å². The number of hydrogen-bond donors (Lipinski definition) is 1. The summed E-state index contributed by atoms with van der Waals surface area (Å²) in [5.74, 6) is 0. The number of rotatable bonds is 8.